The third-order valence-electron chi connectivity index (χ3n) is 3.58. The average Bonchev–Trinajstić information content (AvgIpc) is 2.24. The monoisotopic (exact) mass is 295 g/mol. The molecule has 4 nitrogen and oxygen atoms in total. The Morgan fingerprint density at radius 1 is 1.30 bits per heavy atom. The summed E-state index contributed by atoms with van der Waals surface area (Å²) in [6.45, 7) is 6.32. The van der Waals surface area contributed by atoms with E-state index in [4.69, 9.17) is 0 Å². The number of carbonyl (C=O) groups is 1. The minimum atomic E-state index is -3.08. The van der Waals surface area contributed by atoms with E-state index in [1.807, 2.05) is 39.0 Å². The number of carbonyl (C=O) groups excluding carboxylic acids is 1. The lowest BCUT2D eigenvalue weighted by Gasteiger charge is -2.39. The van der Waals surface area contributed by atoms with E-state index in [9.17, 15) is 13.2 Å². The highest BCUT2D eigenvalue weighted by Gasteiger charge is 2.40. The summed E-state index contributed by atoms with van der Waals surface area (Å²) in [4.78, 5) is 13.9. The topological polar surface area (TPSA) is 54.5 Å². The zero-order valence-electron chi connectivity index (χ0n) is 12.2. The van der Waals surface area contributed by atoms with Crippen molar-refractivity contribution in [2.24, 2.45) is 5.92 Å². The molecule has 1 aliphatic rings. The molecular weight excluding hydrogens is 274 g/mol. The van der Waals surface area contributed by atoms with Crippen LogP contribution in [-0.4, -0.2) is 43.3 Å². The van der Waals surface area contributed by atoms with Crippen LogP contribution < -0.4 is 0 Å². The third kappa shape index (κ3) is 3.03. The summed E-state index contributed by atoms with van der Waals surface area (Å²) in [5.74, 6) is 0.254. The predicted octanol–water partition coefficient (Wildman–Crippen LogP) is 1.89. The fraction of sp³-hybridized carbons (Fsp3) is 0.533. The Labute approximate surface area is 120 Å². The molecule has 0 aliphatic carbocycles. The van der Waals surface area contributed by atoms with Crippen LogP contribution in [0.1, 0.15) is 29.8 Å². The number of amides is 1. The van der Waals surface area contributed by atoms with Crippen molar-refractivity contribution in [2.45, 2.75) is 26.0 Å². The normalized spacial score (nSPS) is 16.3. The molecule has 0 N–H and O–H groups in total. The van der Waals surface area contributed by atoms with Gasteiger partial charge in [-0.05, 0) is 24.5 Å². The lowest BCUT2D eigenvalue weighted by Crippen LogP contribution is -2.57. The third-order valence-corrected chi connectivity index (χ3v) is 6.03. The van der Waals surface area contributed by atoms with Gasteiger partial charge in [-0.15, -0.1) is 0 Å². The van der Waals surface area contributed by atoms with Crippen molar-refractivity contribution in [2.75, 3.05) is 18.8 Å². The van der Waals surface area contributed by atoms with Crippen LogP contribution in [0.4, 0.5) is 0 Å². The van der Waals surface area contributed by atoms with E-state index in [-0.39, 0.29) is 17.6 Å². The molecule has 0 bridgehead atoms. The molecule has 5 heteroatoms. The van der Waals surface area contributed by atoms with Gasteiger partial charge in [-0.1, -0.05) is 32.0 Å². The average molecular weight is 295 g/mol. The molecule has 0 unspecified atom stereocenters. The first-order valence-electron chi connectivity index (χ1n) is 6.87. The summed E-state index contributed by atoms with van der Waals surface area (Å²) in [6.07, 6.45) is 0. The molecular formula is C15H21NO3S. The molecule has 0 aromatic heterocycles. The number of hydrogen-bond acceptors (Lipinski definition) is 3. The first kappa shape index (κ1) is 15.0. The zero-order chi connectivity index (χ0) is 14.9. The molecule has 0 atom stereocenters. The summed E-state index contributed by atoms with van der Waals surface area (Å²) in [5, 5.41) is -0.391. The Morgan fingerprint density at radius 3 is 2.45 bits per heavy atom. The van der Waals surface area contributed by atoms with Crippen LogP contribution in [0.3, 0.4) is 0 Å². The van der Waals surface area contributed by atoms with Crippen molar-refractivity contribution >= 4 is 15.7 Å². The Morgan fingerprint density at radius 2 is 1.90 bits per heavy atom. The maximum atomic E-state index is 12.3. The first-order valence-corrected chi connectivity index (χ1v) is 8.59. The molecule has 0 saturated carbocycles. The van der Waals surface area contributed by atoms with Crippen molar-refractivity contribution in [3.8, 4) is 0 Å². The smallest absolute Gasteiger partial charge is 0.254 e. The molecule has 1 aromatic rings. The Kier molecular flexibility index (Phi) is 4.18. The largest absolute Gasteiger partial charge is 0.336 e. The van der Waals surface area contributed by atoms with Crippen molar-refractivity contribution in [1.29, 1.82) is 0 Å². The summed E-state index contributed by atoms with van der Waals surface area (Å²) < 4.78 is 24.1. The molecule has 1 saturated heterocycles. The van der Waals surface area contributed by atoms with Gasteiger partial charge in [-0.25, -0.2) is 8.42 Å². The van der Waals surface area contributed by atoms with Crippen LogP contribution in [0, 0.1) is 12.8 Å². The highest BCUT2D eigenvalue weighted by Crippen LogP contribution is 2.22. The SMILES string of the molecule is Cc1ccccc1C(=O)N1CC(S(=O)(=O)CC(C)C)C1. The van der Waals surface area contributed by atoms with Gasteiger partial charge in [0, 0.05) is 18.7 Å². The van der Waals surface area contributed by atoms with Gasteiger partial charge < -0.3 is 4.90 Å². The van der Waals surface area contributed by atoms with E-state index in [1.54, 1.807) is 11.0 Å². The van der Waals surface area contributed by atoms with Crippen LogP contribution in [0.2, 0.25) is 0 Å². The molecule has 1 heterocycles. The lowest BCUT2D eigenvalue weighted by atomic mass is 10.1. The Hall–Kier alpha value is -1.36. The first-order chi connectivity index (χ1) is 9.31. The van der Waals surface area contributed by atoms with E-state index in [0.717, 1.165) is 5.56 Å². The predicted molar refractivity (Wildman–Crippen MR) is 79.5 cm³/mol. The quantitative estimate of drug-likeness (QED) is 0.852. The number of sulfone groups is 1. The minimum Gasteiger partial charge on any atom is -0.336 e. The molecule has 20 heavy (non-hydrogen) atoms. The number of nitrogens with zero attached hydrogens (tertiary/aromatic N) is 1. The number of aryl methyl sites for hydroxylation is 1. The van der Waals surface area contributed by atoms with Gasteiger partial charge in [0.2, 0.25) is 0 Å². The second kappa shape index (κ2) is 5.56. The molecule has 2 rings (SSSR count). The standard InChI is InChI=1S/C15H21NO3S/c1-11(2)10-20(18,19)13-8-16(9-13)15(17)14-7-5-4-6-12(14)3/h4-7,11,13H,8-10H2,1-3H3. The van der Waals surface area contributed by atoms with Gasteiger partial charge >= 0.3 is 0 Å². The summed E-state index contributed by atoms with van der Waals surface area (Å²) in [5.41, 5.74) is 1.58. The van der Waals surface area contributed by atoms with E-state index in [1.165, 1.54) is 0 Å². The van der Waals surface area contributed by atoms with E-state index in [0.29, 0.717) is 18.7 Å². The van der Waals surface area contributed by atoms with Gasteiger partial charge in [-0.3, -0.25) is 4.79 Å². The molecule has 1 amide bonds. The number of benzene rings is 1. The van der Waals surface area contributed by atoms with Gasteiger partial charge in [-0.2, -0.15) is 0 Å². The summed E-state index contributed by atoms with van der Waals surface area (Å²) in [6, 6.07) is 7.39. The molecule has 1 fully saturated rings. The number of likely N-dealkylation sites (tertiary alicyclic amines) is 1. The van der Waals surface area contributed by atoms with Gasteiger partial charge in [0.15, 0.2) is 9.84 Å². The Balaban J connectivity index is 2.01. The highest BCUT2D eigenvalue weighted by atomic mass is 32.2. The van der Waals surface area contributed by atoms with Crippen molar-refractivity contribution in [1.82, 2.24) is 4.90 Å². The van der Waals surface area contributed by atoms with Crippen molar-refractivity contribution < 1.29 is 13.2 Å². The second-order valence-corrected chi connectivity index (χ2v) is 8.20. The highest BCUT2D eigenvalue weighted by molar-refractivity contribution is 7.92. The van der Waals surface area contributed by atoms with Crippen LogP contribution >= 0.6 is 0 Å². The number of hydrogen-bond donors (Lipinski definition) is 0. The van der Waals surface area contributed by atoms with Crippen LogP contribution in [0.15, 0.2) is 24.3 Å². The molecule has 0 spiro atoms. The van der Waals surface area contributed by atoms with Crippen molar-refractivity contribution in [3.05, 3.63) is 35.4 Å². The van der Waals surface area contributed by atoms with Crippen molar-refractivity contribution in [3.63, 3.8) is 0 Å². The van der Waals surface area contributed by atoms with Crippen LogP contribution in [-0.2, 0) is 9.84 Å². The van der Waals surface area contributed by atoms with Gasteiger partial charge in [0.1, 0.15) is 0 Å². The second-order valence-electron chi connectivity index (χ2n) is 5.87. The van der Waals surface area contributed by atoms with Gasteiger partial charge in [0.05, 0.1) is 11.0 Å². The number of rotatable bonds is 4. The van der Waals surface area contributed by atoms with E-state index < -0.39 is 15.1 Å². The van der Waals surface area contributed by atoms with Gasteiger partial charge in [0.25, 0.3) is 5.91 Å². The maximum absolute atomic E-state index is 12.3. The summed E-state index contributed by atoms with van der Waals surface area (Å²) in [7, 11) is -3.08. The molecule has 1 aromatic carbocycles. The molecule has 1 aliphatic heterocycles. The molecule has 110 valence electrons. The van der Waals surface area contributed by atoms with E-state index in [2.05, 4.69) is 0 Å². The Bertz CT molecular complexity index is 601. The molecule has 0 radical (unpaired) electrons. The van der Waals surface area contributed by atoms with E-state index >= 15 is 0 Å². The fourth-order valence-electron chi connectivity index (χ4n) is 2.41. The lowest BCUT2D eigenvalue weighted by molar-refractivity contribution is 0.0658. The zero-order valence-corrected chi connectivity index (χ0v) is 13.0. The summed E-state index contributed by atoms with van der Waals surface area (Å²) >= 11 is 0. The fourth-order valence-corrected chi connectivity index (χ4v) is 4.43. The van der Waals surface area contributed by atoms with Crippen LogP contribution in [0.5, 0.6) is 0 Å². The minimum absolute atomic E-state index is 0.0703. The van der Waals surface area contributed by atoms with Crippen LogP contribution in [0.25, 0.3) is 0 Å². The maximum Gasteiger partial charge on any atom is 0.254 e.